The summed E-state index contributed by atoms with van der Waals surface area (Å²) in [6, 6.07) is 11.8. The fraction of sp³-hybridized carbons (Fsp3) is 0.385. The quantitative estimate of drug-likeness (QED) is 0.258. The Labute approximate surface area is 189 Å². The second kappa shape index (κ2) is 10.4. The van der Waals surface area contributed by atoms with E-state index in [2.05, 4.69) is 6.92 Å². The van der Waals surface area contributed by atoms with Gasteiger partial charge in [0, 0.05) is 23.7 Å². The average Bonchev–Trinajstić information content (AvgIpc) is 3.06. The number of nitrogens with zero attached hydrogens (tertiary/aromatic N) is 1. The molecule has 1 unspecified atom stereocenters. The average molecular weight is 438 g/mol. The van der Waals surface area contributed by atoms with Crippen LogP contribution in [-0.4, -0.2) is 42.5 Å². The van der Waals surface area contributed by atoms with E-state index in [9.17, 15) is 14.7 Å². The van der Waals surface area contributed by atoms with Gasteiger partial charge in [-0.15, -0.1) is 0 Å². The molecule has 1 amide bonds. The predicted octanol–water partition coefficient (Wildman–Crippen LogP) is 5.01. The Morgan fingerprint density at radius 1 is 1.00 bits per heavy atom. The van der Waals surface area contributed by atoms with Crippen molar-refractivity contribution >= 4 is 17.4 Å². The SMILES string of the molecule is CCCCCCN1C(=O)C(=O)/C(=C(/O)c2ccc(C)cc2)C1c1ccc(OC)cc1OC. The summed E-state index contributed by atoms with van der Waals surface area (Å²) in [5.41, 5.74) is 2.25. The summed E-state index contributed by atoms with van der Waals surface area (Å²) in [7, 11) is 3.09. The highest BCUT2D eigenvalue weighted by Gasteiger charge is 2.46. The zero-order chi connectivity index (χ0) is 23.3. The number of benzene rings is 2. The summed E-state index contributed by atoms with van der Waals surface area (Å²) in [4.78, 5) is 27.7. The number of hydrogen-bond donors (Lipinski definition) is 1. The van der Waals surface area contributed by atoms with E-state index in [4.69, 9.17) is 9.47 Å². The minimum atomic E-state index is -0.737. The van der Waals surface area contributed by atoms with Crippen LogP contribution >= 0.6 is 0 Å². The first-order valence-corrected chi connectivity index (χ1v) is 11.0. The van der Waals surface area contributed by atoms with Crippen molar-refractivity contribution in [1.82, 2.24) is 4.90 Å². The van der Waals surface area contributed by atoms with Gasteiger partial charge in [-0.25, -0.2) is 0 Å². The first-order valence-electron chi connectivity index (χ1n) is 11.0. The van der Waals surface area contributed by atoms with Crippen LogP contribution in [-0.2, 0) is 9.59 Å². The Balaban J connectivity index is 2.14. The second-order valence-electron chi connectivity index (χ2n) is 8.03. The van der Waals surface area contributed by atoms with Crippen molar-refractivity contribution in [3.63, 3.8) is 0 Å². The number of aliphatic hydroxyl groups is 1. The van der Waals surface area contributed by atoms with Gasteiger partial charge in [0.25, 0.3) is 11.7 Å². The molecule has 0 saturated carbocycles. The number of aliphatic hydroxyl groups excluding tert-OH is 1. The number of carbonyl (C=O) groups is 2. The third-order valence-electron chi connectivity index (χ3n) is 5.85. The fourth-order valence-electron chi connectivity index (χ4n) is 4.05. The zero-order valence-corrected chi connectivity index (χ0v) is 19.2. The van der Waals surface area contributed by atoms with Crippen LogP contribution in [0.3, 0.4) is 0 Å². The lowest BCUT2D eigenvalue weighted by Crippen LogP contribution is -2.30. The van der Waals surface area contributed by atoms with Crippen LogP contribution in [0.1, 0.15) is 55.3 Å². The molecule has 32 heavy (non-hydrogen) atoms. The number of rotatable bonds is 9. The van der Waals surface area contributed by atoms with Crippen LogP contribution in [0.2, 0.25) is 0 Å². The van der Waals surface area contributed by atoms with E-state index < -0.39 is 17.7 Å². The van der Waals surface area contributed by atoms with E-state index >= 15 is 0 Å². The Morgan fingerprint density at radius 2 is 1.72 bits per heavy atom. The van der Waals surface area contributed by atoms with Gasteiger partial charge in [-0.2, -0.15) is 0 Å². The number of methoxy groups -OCH3 is 2. The number of Topliss-reactive ketones (excluding diaryl/α,β-unsaturated/α-hetero) is 1. The Hall–Kier alpha value is -3.28. The summed E-state index contributed by atoms with van der Waals surface area (Å²) < 4.78 is 10.9. The van der Waals surface area contributed by atoms with Gasteiger partial charge >= 0.3 is 0 Å². The van der Waals surface area contributed by atoms with E-state index in [1.165, 1.54) is 7.11 Å². The van der Waals surface area contributed by atoms with Crippen molar-refractivity contribution in [2.24, 2.45) is 0 Å². The number of carbonyl (C=O) groups excluding carboxylic acids is 2. The Morgan fingerprint density at radius 3 is 2.34 bits per heavy atom. The normalized spacial score (nSPS) is 17.6. The molecule has 0 radical (unpaired) electrons. The van der Waals surface area contributed by atoms with Crippen molar-refractivity contribution in [1.29, 1.82) is 0 Å². The minimum Gasteiger partial charge on any atom is -0.507 e. The molecule has 6 nitrogen and oxygen atoms in total. The molecule has 6 heteroatoms. The van der Waals surface area contributed by atoms with Crippen molar-refractivity contribution < 1.29 is 24.2 Å². The number of ketones is 1. The zero-order valence-electron chi connectivity index (χ0n) is 19.2. The number of hydrogen-bond acceptors (Lipinski definition) is 5. The third kappa shape index (κ3) is 4.64. The summed E-state index contributed by atoms with van der Waals surface area (Å²) in [5, 5.41) is 11.1. The lowest BCUT2D eigenvalue weighted by Gasteiger charge is -2.27. The second-order valence-corrected chi connectivity index (χ2v) is 8.03. The number of likely N-dealkylation sites (tertiary alicyclic amines) is 1. The molecule has 1 fully saturated rings. The molecule has 1 saturated heterocycles. The van der Waals surface area contributed by atoms with Gasteiger partial charge in [0.1, 0.15) is 17.3 Å². The number of amides is 1. The van der Waals surface area contributed by atoms with Crippen LogP contribution in [0.5, 0.6) is 11.5 Å². The molecule has 0 spiro atoms. The fourth-order valence-corrected chi connectivity index (χ4v) is 4.05. The van der Waals surface area contributed by atoms with Gasteiger partial charge in [-0.3, -0.25) is 9.59 Å². The third-order valence-corrected chi connectivity index (χ3v) is 5.85. The van der Waals surface area contributed by atoms with Gasteiger partial charge in [0.2, 0.25) is 0 Å². The molecule has 0 aliphatic carbocycles. The van der Waals surface area contributed by atoms with Crippen LogP contribution < -0.4 is 9.47 Å². The van der Waals surface area contributed by atoms with E-state index in [1.54, 1.807) is 42.3 Å². The number of unbranched alkanes of at least 4 members (excludes halogenated alkanes) is 3. The first kappa shape index (κ1) is 23.4. The minimum absolute atomic E-state index is 0.0813. The molecule has 1 heterocycles. The van der Waals surface area contributed by atoms with Crippen LogP contribution in [0.25, 0.3) is 5.76 Å². The maximum absolute atomic E-state index is 13.1. The van der Waals surface area contributed by atoms with Crippen molar-refractivity contribution in [3.05, 3.63) is 64.7 Å². The van der Waals surface area contributed by atoms with E-state index in [0.717, 1.165) is 31.2 Å². The highest BCUT2D eigenvalue weighted by Crippen LogP contribution is 2.43. The van der Waals surface area contributed by atoms with Crippen LogP contribution in [0.4, 0.5) is 0 Å². The number of ether oxygens (including phenoxy) is 2. The maximum Gasteiger partial charge on any atom is 0.295 e. The summed E-state index contributed by atoms with van der Waals surface area (Å²) >= 11 is 0. The Kier molecular flexibility index (Phi) is 7.57. The lowest BCUT2D eigenvalue weighted by molar-refractivity contribution is -0.139. The van der Waals surface area contributed by atoms with Crippen molar-refractivity contribution in [2.75, 3.05) is 20.8 Å². The van der Waals surface area contributed by atoms with Crippen LogP contribution in [0, 0.1) is 6.92 Å². The molecule has 1 N–H and O–H groups in total. The molecule has 1 aliphatic heterocycles. The van der Waals surface area contributed by atoms with Gasteiger partial charge in [-0.1, -0.05) is 56.0 Å². The summed E-state index contributed by atoms with van der Waals surface area (Å²) in [6.07, 6.45) is 3.87. The van der Waals surface area contributed by atoms with E-state index in [-0.39, 0.29) is 11.3 Å². The molecular formula is C26H31NO5. The smallest absolute Gasteiger partial charge is 0.295 e. The molecule has 0 bridgehead atoms. The van der Waals surface area contributed by atoms with Crippen LogP contribution in [0.15, 0.2) is 48.0 Å². The van der Waals surface area contributed by atoms with Gasteiger partial charge < -0.3 is 19.5 Å². The molecule has 2 aromatic carbocycles. The summed E-state index contributed by atoms with van der Waals surface area (Å²) in [5.74, 6) is -0.365. The van der Waals surface area contributed by atoms with Gasteiger partial charge in [0.05, 0.1) is 25.8 Å². The van der Waals surface area contributed by atoms with Crippen molar-refractivity contribution in [3.8, 4) is 11.5 Å². The molecule has 2 aromatic rings. The molecule has 1 atom stereocenters. The molecule has 170 valence electrons. The van der Waals surface area contributed by atoms with Gasteiger partial charge in [0.15, 0.2) is 0 Å². The predicted molar refractivity (Wildman–Crippen MR) is 124 cm³/mol. The summed E-state index contributed by atoms with van der Waals surface area (Å²) in [6.45, 7) is 4.49. The topological polar surface area (TPSA) is 76.1 Å². The van der Waals surface area contributed by atoms with E-state index in [0.29, 0.717) is 29.2 Å². The molecule has 1 aliphatic rings. The lowest BCUT2D eigenvalue weighted by atomic mass is 9.94. The highest BCUT2D eigenvalue weighted by molar-refractivity contribution is 6.46. The first-order chi connectivity index (χ1) is 15.4. The molecule has 3 rings (SSSR count). The van der Waals surface area contributed by atoms with Gasteiger partial charge in [-0.05, 0) is 25.5 Å². The monoisotopic (exact) mass is 437 g/mol. The van der Waals surface area contributed by atoms with E-state index in [1.807, 2.05) is 19.1 Å². The molecular weight excluding hydrogens is 406 g/mol. The highest BCUT2D eigenvalue weighted by atomic mass is 16.5. The maximum atomic E-state index is 13.1. The molecule has 0 aromatic heterocycles. The van der Waals surface area contributed by atoms with Crippen molar-refractivity contribution in [2.45, 2.75) is 45.6 Å². The number of aryl methyl sites for hydroxylation is 1. The standard InChI is InChI=1S/C26H31NO5/c1-5-6-7-8-15-27-23(20-14-13-19(31-3)16-21(20)32-4)22(25(29)26(27)30)24(28)18-11-9-17(2)10-12-18/h9-14,16,23,28H,5-8,15H2,1-4H3/b24-22+. The largest absolute Gasteiger partial charge is 0.507 e. The Bertz CT molecular complexity index is 1010.